The Hall–Kier alpha value is -1.30. The number of carbonyl (C=O) groups excluding carboxylic acids is 1. The quantitative estimate of drug-likeness (QED) is 0.749. The summed E-state index contributed by atoms with van der Waals surface area (Å²) in [5.41, 5.74) is 0. The van der Waals surface area contributed by atoms with E-state index >= 15 is 0 Å². The Kier molecular flexibility index (Phi) is 4.34. The van der Waals surface area contributed by atoms with Gasteiger partial charge >= 0.3 is 12.0 Å². The summed E-state index contributed by atoms with van der Waals surface area (Å²) in [6.07, 6.45) is 0. The molecular weight excluding hydrogens is 222 g/mol. The molecule has 6 nitrogen and oxygen atoms in total. The molecule has 1 N–H and O–H groups in total. The van der Waals surface area contributed by atoms with Crippen molar-refractivity contribution in [1.29, 1.82) is 0 Å². The first-order valence-corrected chi connectivity index (χ1v) is 5.79. The van der Waals surface area contributed by atoms with E-state index in [0.29, 0.717) is 13.1 Å². The van der Waals surface area contributed by atoms with Crippen molar-refractivity contribution in [3.05, 3.63) is 0 Å². The van der Waals surface area contributed by atoms with Gasteiger partial charge in [0.15, 0.2) is 0 Å². The fraction of sp³-hybridized carbons (Fsp3) is 0.818. The van der Waals surface area contributed by atoms with Gasteiger partial charge in [-0.1, -0.05) is 0 Å². The molecule has 1 aliphatic rings. The van der Waals surface area contributed by atoms with E-state index in [4.69, 9.17) is 5.11 Å². The summed E-state index contributed by atoms with van der Waals surface area (Å²) in [5, 5.41) is 9.06. The third-order valence-electron chi connectivity index (χ3n) is 3.28. The second-order valence-electron chi connectivity index (χ2n) is 4.77. The minimum absolute atomic E-state index is 0.0978. The fourth-order valence-electron chi connectivity index (χ4n) is 1.76. The highest BCUT2D eigenvalue weighted by Gasteiger charge is 2.33. The minimum atomic E-state index is -0.878. The third-order valence-corrected chi connectivity index (χ3v) is 3.28. The molecule has 1 unspecified atom stereocenters. The first-order chi connectivity index (χ1) is 7.84. The smallest absolute Gasteiger partial charge is 0.322 e. The van der Waals surface area contributed by atoms with Crippen molar-refractivity contribution >= 4 is 12.0 Å². The molecular formula is C11H21N3O3. The maximum absolute atomic E-state index is 12.1. The summed E-state index contributed by atoms with van der Waals surface area (Å²) in [4.78, 5) is 28.1. The molecule has 0 saturated carbocycles. The number of carbonyl (C=O) groups is 2. The van der Waals surface area contributed by atoms with E-state index < -0.39 is 12.0 Å². The number of carboxylic acids is 1. The predicted octanol–water partition coefficient (Wildman–Crippen LogP) is 0.147. The van der Waals surface area contributed by atoms with Crippen LogP contribution in [0.2, 0.25) is 0 Å². The molecule has 2 amide bonds. The number of carboxylic acid groups (broad SMARTS) is 1. The first-order valence-electron chi connectivity index (χ1n) is 5.79. The zero-order valence-electron chi connectivity index (χ0n) is 10.9. The lowest BCUT2D eigenvalue weighted by Gasteiger charge is -2.39. The largest absolute Gasteiger partial charge is 0.480 e. The van der Waals surface area contributed by atoms with Gasteiger partial charge in [0.25, 0.3) is 0 Å². The molecule has 1 saturated heterocycles. The molecule has 98 valence electrons. The number of hydrogen-bond donors (Lipinski definition) is 1. The summed E-state index contributed by atoms with van der Waals surface area (Å²) in [6.45, 7) is 5.29. The molecule has 0 aliphatic carbocycles. The van der Waals surface area contributed by atoms with Crippen LogP contribution in [0, 0.1) is 0 Å². The highest BCUT2D eigenvalue weighted by Crippen LogP contribution is 2.11. The number of hydrogen-bond acceptors (Lipinski definition) is 3. The molecule has 0 aromatic carbocycles. The average Bonchev–Trinajstić information content (AvgIpc) is 2.27. The van der Waals surface area contributed by atoms with Crippen molar-refractivity contribution in [2.75, 3.05) is 33.7 Å². The zero-order chi connectivity index (χ0) is 13.2. The lowest BCUT2D eigenvalue weighted by atomic mass is 10.2. The van der Waals surface area contributed by atoms with Gasteiger partial charge in [-0.3, -0.25) is 9.69 Å². The number of urea groups is 1. The Morgan fingerprint density at radius 1 is 1.35 bits per heavy atom. The molecule has 1 heterocycles. The van der Waals surface area contributed by atoms with Crippen molar-refractivity contribution in [2.45, 2.75) is 25.9 Å². The summed E-state index contributed by atoms with van der Waals surface area (Å²) in [5.74, 6) is -0.878. The molecule has 0 radical (unpaired) electrons. The van der Waals surface area contributed by atoms with Crippen LogP contribution in [0.4, 0.5) is 4.79 Å². The van der Waals surface area contributed by atoms with Gasteiger partial charge in [0.05, 0.1) is 0 Å². The van der Waals surface area contributed by atoms with E-state index in [9.17, 15) is 9.59 Å². The number of aliphatic carboxylic acids is 1. The zero-order valence-corrected chi connectivity index (χ0v) is 10.9. The van der Waals surface area contributed by atoms with E-state index in [1.54, 1.807) is 28.8 Å². The molecule has 1 fully saturated rings. The molecule has 0 aromatic heterocycles. The Balaban J connectivity index is 2.68. The van der Waals surface area contributed by atoms with Gasteiger partial charge in [0, 0.05) is 32.7 Å². The van der Waals surface area contributed by atoms with Gasteiger partial charge < -0.3 is 14.9 Å². The van der Waals surface area contributed by atoms with Gasteiger partial charge in [0.1, 0.15) is 6.04 Å². The minimum Gasteiger partial charge on any atom is -0.480 e. The molecule has 0 aromatic rings. The number of likely N-dealkylation sites (N-methyl/N-ethyl adjacent to an activating group) is 1. The topological polar surface area (TPSA) is 64.1 Å². The van der Waals surface area contributed by atoms with Crippen LogP contribution < -0.4 is 0 Å². The second-order valence-corrected chi connectivity index (χ2v) is 4.77. The standard InChI is InChI=1S/C11H21N3O3/c1-8(2)13(4)11(17)14-6-5-12(3)9(7-14)10(15)16/h8-9H,5-7H2,1-4H3,(H,15,16). The Morgan fingerprint density at radius 2 is 1.94 bits per heavy atom. The lowest BCUT2D eigenvalue weighted by molar-refractivity contribution is -0.144. The van der Waals surface area contributed by atoms with Crippen LogP contribution in [0.3, 0.4) is 0 Å². The predicted molar refractivity (Wildman–Crippen MR) is 63.9 cm³/mol. The number of amides is 2. The fourth-order valence-corrected chi connectivity index (χ4v) is 1.76. The van der Waals surface area contributed by atoms with Gasteiger partial charge in [-0.25, -0.2) is 4.79 Å². The Morgan fingerprint density at radius 3 is 2.41 bits per heavy atom. The van der Waals surface area contributed by atoms with Gasteiger partial charge in [0.2, 0.25) is 0 Å². The van der Waals surface area contributed by atoms with Crippen LogP contribution in [-0.2, 0) is 4.79 Å². The third kappa shape index (κ3) is 3.09. The maximum atomic E-state index is 12.1. The number of piperazine rings is 1. The van der Waals surface area contributed by atoms with Crippen LogP contribution in [0.25, 0.3) is 0 Å². The van der Waals surface area contributed by atoms with Crippen molar-refractivity contribution in [1.82, 2.24) is 14.7 Å². The van der Waals surface area contributed by atoms with E-state index in [2.05, 4.69) is 0 Å². The van der Waals surface area contributed by atoms with Crippen LogP contribution in [0.5, 0.6) is 0 Å². The number of rotatable bonds is 2. The molecule has 1 rings (SSSR count). The monoisotopic (exact) mass is 243 g/mol. The van der Waals surface area contributed by atoms with Crippen LogP contribution in [0.1, 0.15) is 13.8 Å². The lowest BCUT2D eigenvalue weighted by Crippen LogP contribution is -2.58. The van der Waals surface area contributed by atoms with Crippen LogP contribution in [-0.4, -0.2) is 77.6 Å². The molecule has 0 spiro atoms. The normalized spacial score (nSPS) is 21.7. The summed E-state index contributed by atoms with van der Waals surface area (Å²) < 4.78 is 0. The average molecular weight is 243 g/mol. The van der Waals surface area contributed by atoms with Crippen molar-refractivity contribution in [3.8, 4) is 0 Å². The summed E-state index contributed by atoms with van der Waals surface area (Å²) in [6, 6.07) is -0.585. The van der Waals surface area contributed by atoms with E-state index in [1.807, 2.05) is 13.8 Å². The highest BCUT2D eigenvalue weighted by molar-refractivity contribution is 5.78. The molecule has 17 heavy (non-hydrogen) atoms. The second kappa shape index (κ2) is 5.35. The highest BCUT2D eigenvalue weighted by atomic mass is 16.4. The van der Waals surface area contributed by atoms with Gasteiger partial charge in [-0.05, 0) is 20.9 Å². The van der Waals surface area contributed by atoms with E-state index in [0.717, 1.165) is 0 Å². The molecule has 0 bridgehead atoms. The molecule has 1 atom stereocenters. The summed E-state index contributed by atoms with van der Waals surface area (Å²) in [7, 11) is 3.51. The molecule has 1 aliphatic heterocycles. The summed E-state index contributed by atoms with van der Waals surface area (Å²) >= 11 is 0. The van der Waals surface area contributed by atoms with Gasteiger partial charge in [-0.15, -0.1) is 0 Å². The van der Waals surface area contributed by atoms with Crippen molar-refractivity contribution in [3.63, 3.8) is 0 Å². The Labute approximate surface area is 102 Å². The Bertz CT molecular complexity index is 306. The van der Waals surface area contributed by atoms with Crippen LogP contribution in [0.15, 0.2) is 0 Å². The first kappa shape index (κ1) is 13.8. The van der Waals surface area contributed by atoms with Crippen molar-refractivity contribution in [2.24, 2.45) is 0 Å². The van der Waals surface area contributed by atoms with Gasteiger partial charge in [-0.2, -0.15) is 0 Å². The molecule has 6 heteroatoms. The number of nitrogens with zero attached hydrogens (tertiary/aromatic N) is 3. The van der Waals surface area contributed by atoms with E-state index in [1.165, 1.54) is 0 Å². The SMILES string of the molecule is CC(C)N(C)C(=O)N1CCN(C)C(C(=O)O)C1. The van der Waals surface area contributed by atoms with Crippen LogP contribution >= 0.6 is 0 Å². The van der Waals surface area contributed by atoms with E-state index in [-0.39, 0.29) is 18.6 Å². The van der Waals surface area contributed by atoms with Crippen molar-refractivity contribution < 1.29 is 14.7 Å². The maximum Gasteiger partial charge on any atom is 0.322 e.